The second-order valence-corrected chi connectivity index (χ2v) is 6.14. The van der Waals surface area contributed by atoms with E-state index >= 15 is 0 Å². The van der Waals surface area contributed by atoms with Crippen molar-refractivity contribution in [2.24, 2.45) is 0 Å². The van der Waals surface area contributed by atoms with E-state index in [0.29, 0.717) is 0 Å². The predicted molar refractivity (Wildman–Crippen MR) is 84.0 cm³/mol. The van der Waals surface area contributed by atoms with Gasteiger partial charge in [-0.15, -0.1) is 22.7 Å². The van der Waals surface area contributed by atoms with E-state index in [1.54, 1.807) is 35.1 Å². The van der Waals surface area contributed by atoms with E-state index in [4.69, 9.17) is 9.97 Å². The monoisotopic (exact) mass is 295 g/mol. The summed E-state index contributed by atoms with van der Waals surface area (Å²) in [6.07, 6.45) is 3.51. The van der Waals surface area contributed by atoms with Gasteiger partial charge in [0.2, 0.25) is 0 Å². The van der Waals surface area contributed by atoms with Gasteiger partial charge in [0.05, 0.1) is 21.5 Å². The molecule has 0 spiro atoms. The van der Waals surface area contributed by atoms with Gasteiger partial charge in [0.15, 0.2) is 0 Å². The van der Waals surface area contributed by atoms with Gasteiger partial charge in [-0.25, -0.2) is 9.97 Å². The number of rotatable bonds is 2. The molecule has 20 heavy (non-hydrogen) atoms. The van der Waals surface area contributed by atoms with E-state index in [-0.39, 0.29) is 0 Å². The zero-order valence-electron chi connectivity index (χ0n) is 10.4. The van der Waals surface area contributed by atoms with Crippen LogP contribution in [0.5, 0.6) is 0 Å². The molecule has 96 valence electrons. The minimum atomic E-state index is 0.830. The van der Waals surface area contributed by atoms with Crippen LogP contribution in [0.1, 0.15) is 0 Å². The standard InChI is InChI=1S/C15H9N3S2/c1-3-12(19-7-1)14-15(13-4-2-8-20-13)18-11-9-16-6-5-10(11)17-14/h1-9H. The zero-order chi connectivity index (χ0) is 13.4. The van der Waals surface area contributed by atoms with Crippen molar-refractivity contribution in [2.75, 3.05) is 0 Å². The van der Waals surface area contributed by atoms with Crippen LogP contribution in [0.2, 0.25) is 0 Å². The molecule has 4 aromatic rings. The molecule has 4 aromatic heterocycles. The molecule has 0 unspecified atom stereocenters. The average Bonchev–Trinajstić information content (AvgIpc) is 3.19. The third kappa shape index (κ3) is 1.92. The molecule has 4 heterocycles. The fraction of sp³-hybridized carbons (Fsp3) is 0. The number of hydrogen-bond donors (Lipinski definition) is 0. The van der Waals surface area contributed by atoms with E-state index in [1.807, 2.05) is 18.2 Å². The van der Waals surface area contributed by atoms with Crippen molar-refractivity contribution in [2.45, 2.75) is 0 Å². The fourth-order valence-corrected chi connectivity index (χ4v) is 3.51. The molecule has 0 fully saturated rings. The third-order valence-electron chi connectivity index (χ3n) is 2.98. The van der Waals surface area contributed by atoms with Gasteiger partial charge in [0.25, 0.3) is 0 Å². The first-order valence-corrected chi connectivity index (χ1v) is 7.87. The Bertz CT molecular complexity index is 779. The first kappa shape index (κ1) is 11.7. The lowest BCUT2D eigenvalue weighted by molar-refractivity contribution is 1.26. The van der Waals surface area contributed by atoms with Gasteiger partial charge >= 0.3 is 0 Å². The maximum absolute atomic E-state index is 4.79. The van der Waals surface area contributed by atoms with Crippen LogP contribution >= 0.6 is 22.7 Å². The van der Waals surface area contributed by atoms with Crippen molar-refractivity contribution >= 4 is 33.7 Å². The third-order valence-corrected chi connectivity index (χ3v) is 4.73. The summed E-state index contributed by atoms with van der Waals surface area (Å²) in [6.45, 7) is 0. The topological polar surface area (TPSA) is 38.7 Å². The molecular formula is C15H9N3S2. The molecule has 0 bridgehead atoms. The van der Waals surface area contributed by atoms with Crippen molar-refractivity contribution in [1.82, 2.24) is 15.0 Å². The maximum Gasteiger partial charge on any atom is 0.108 e. The number of thiophene rings is 2. The molecule has 5 heteroatoms. The van der Waals surface area contributed by atoms with E-state index in [0.717, 1.165) is 32.2 Å². The fourth-order valence-electron chi connectivity index (χ4n) is 2.08. The summed E-state index contributed by atoms with van der Waals surface area (Å²) in [6, 6.07) is 10.1. The first-order valence-electron chi connectivity index (χ1n) is 6.11. The molecule has 0 aliphatic heterocycles. The molecule has 0 saturated carbocycles. The van der Waals surface area contributed by atoms with Crippen molar-refractivity contribution < 1.29 is 0 Å². The Hall–Kier alpha value is -2.11. The molecule has 0 aliphatic carbocycles. The maximum atomic E-state index is 4.79. The molecule has 0 N–H and O–H groups in total. The van der Waals surface area contributed by atoms with E-state index in [2.05, 4.69) is 27.9 Å². The lowest BCUT2D eigenvalue weighted by Gasteiger charge is -2.06. The Morgan fingerprint density at radius 1 is 0.750 bits per heavy atom. The second-order valence-electron chi connectivity index (χ2n) is 4.24. The second kappa shape index (κ2) is 4.77. The smallest absolute Gasteiger partial charge is 0.108 e. The molecule has 3 nitrogen and oxygen atoms in total. The molecule has 0 radical (unpaired) electrons. The number of pyridine rings is 1. The summed E-state index contributed by atoms with van der Waals surface area (Å²) in [5.41, 5.74) is 3.59. The molecule has 0 amide bonds. The predicted octanol–water partition coefficient (Wildman–Crippen LogP) is 4.48. The number of fused-ring (bicyclic) bond motifs is 1. The van der Waals surface area contributed by atoms with Crippen molar-refractivity contribution in [3.8, 4) is 21.1 Å². The minimum absolute atomic E-state index is 0.830. The molecule has 0 aromatic carbocycles. The SMILES string of the molecule is c1csc(-c2nc3ccncc3nc2-c2cccs2)c1. The molecule has 0 aliphatic rings. The first-order chi connectivity index (χ1) is 9.92. The summed E-state index contributed by atoms with van der Waals surface area (Å²) < 4.78 is 0. The summed E-state index contributed by atoms with van der Waals surface area (Å²) in [5, 5.41) is 4.12. The molecule has 4 rings (SSSR count). The molecule has 0 saturated heterocycles. The highest BCUT2D eigenvalue weighted by Crippen LogP contribution is 2.35. The highest BCUT2D eigenvalue weighted by atomic mass is 32.1. The van der Waals surface area contributed by atoms with Crippen LogP contribution < -0.4 is 0 Å². The highest BCUT2D eigenvalue weighted by molar-refractivity contribution is 7.14. The lowest BCUT2D eigenvalue weighted by atomic mass is 10.2. The van der Waals surface area contributed by atoms with Gasteiger partial charge in [-0.3, -0.25) is 4.98 Å². The number of nitrogens with zero attached hydrogens (tertiary/aromatic N) is 3. The van der Waals surface area contributed by atoms with Crippen LogP contribution in [-0.4, -0.2) is 15.0 Å². The van der Waals surface area contributed by atoms with Crippen LogP contribution in [0.15, 0.2) is 53.5 Å². The van der Waals surface area contributed by atoms with Crippen LogP contribution in [-0.2, 0) is 0 Å². The van der Waals surface area contributed by atoms with Crippen molar-refractivity contribution in [3.63, 3.8) is 0 Å². The van der Waals surface area contributed by atoms with Crippen molar-refractivity contribution in [1.29, 1.82) is 0 Å². The Morgan fingerprint density at radius 2 is 1.40 bits per heavy atom. The largest absolute Gasteiger partial charge is 0.262 e. The van der Waals surface area contributed by atoms with Gasteiger partial charge in [0.1, 0.15) is 16.9 Å². The minimum Gasteiger partial charge on any atom is -0.262 e. The van der Waals surface area contributed by atoms with E-state index in [9.17, 15) is 0 Å². The molecular weight excluding hydrogens is 286 g/mol. The summed E-state index contributed by atoms with van der Waals surface area (Å²) in [7, 11) is 0. The van der Waals surface area contributed by atoms with Crippen LogP contribution in [0.25, 0.3) is 32.2 Å². The Morgan fingerprint density at radius 3 is 2.00 bits per heavy atom. The van der Waals surface area contributed by atoms with Crippen LogP contribution in [0.3, 0.4) is 0 Å². The van der Waals surface area contributed by atoms with E-state index < -0.39 is 0 Å². The summed E-state index contributed by atoms with van der Waals surface area (Å²) >= 11 is 3.36. The van der Waals surface area contributed by atoms with Gasteiger partial charge in [-0.05, 0) is 29.0 Å². The lowest BCUT2D eigenvalue weighted by Crippen LogP contribution is -1.93. The molecule has 0 atom stereocenters. The highest BCUT2D eigenvalue weighted by Gasteiger charge is 2.14. The Labute approximate surface area is 123 Å². The van der Waals surface area contributed by atoms with E-state index in [1.165, 1.54) is 0 Å². The van der Waals surface area contributed by atoms with Crippen molar-refractivity contribution in [3.05, 3.63) is 53.5 Å². The normalized spacial score (nSPS) is 11.0. The number of aromatic nitrogens is 3. The quantitative estimate of drug-likeness (QED) is 0.547. The Kier molecular flexibility index (Phi) is 2.79. The van der Waals surface area contributed by atoms with Crippen LogP contribution in [0.4, 0.5) is 0 Å². The summed E-state index contributed by atoms with van der Waals surface area (Å²) in [4.78, 5) is 16.0. The zero-order valence-corrected chi connectivity index (χ0v) is 12.0. The van der Waals surface area contributed by atoms with Gasteiger partial charge in [-0.2, -0.15) is 0 Å². The van der Waals surface area contributed by atoms with Crippen LogP contribution in [0, 0.1) is 0 Å². The van der Waals surface area contributed by atoms with Gasteiger partial charge in [0, 0.05) is 6.20 Å². The summed E-state index contributed by atoms with van der Waals surface area (Å²) in [5.74, 6) is 0. The average molecular weight is 295 g/mol. The Balaban J connectivity index is 2.06. The van der Waals surface area contributed by atoms with Gasteiger partial charge < -0.3 is 0 Å². The van der Waals surface area contributed by atoms with Gasteiger partial charge in [-0.1, -0.05) is 12.1 Å². The number of hydrogen-bond acceptors (Lipinski definition) is 5.